The summed E-state index contributed by atoms with van der Waals surface area (Å²) in [6.07, 6.45) is 4.94. The maximum absolute atomic E-state index is 13.0. The van der Waals surface area contributed by atoms with Crippen molar-refractivity contribution < 1.29 is 53.6 Å². The summed E-state index contributed by atoms with van der Waals surface area (Å²) in [6, 6.07) is 11.2. The SMILES string of the molecule is CC(=O)CC(=O)CCc1ccc(NC(=O)CCCC(=O)NCC2CCC(COc3c(Cl)cc(C(CC(=O)O)NC(=O)CNC(=O)c4cc(O)cc(NC5=NCCCN5)c4)c(O)c3Cl)CC2)cc1. The molecular formula is C47H57Cl2N7O11. The number of hydrogen-bond acceptors (Lipinski definition) is 13. The number of nitrogens with one attached hydrogen (secondary N) is 6. The number of guanidine groups is 1. The first-order valence-electron chi connectivity index (χ1n) is 22.2. The van der Waals surface area contributed by atoms with Crippen LogP contribution in [0.5, 0.6) is 17.2 Å². The number of aliphatic carboxylic acids is 1. The Bertz CT molecular complexity index is 2320. The van der Waals surface area contributed by atoms with Crippen LogP contribution in [0.3, 0.4) is 0 Å². The molecule has 0 spiro atoms. The lowest BCUT2D eigenvalue weighted by molar-refractivity contribution is -0.138. The molecule has 2 aliphatic rings. The highest BCUT2D eigenvalue weighted by Crippen LogP contribution is 2.45. The third-order valence-electron chi connectivity index (χ3n) is 11.2. The number of carbonyl (C=O) groups is 7. The van der Waals surface area contributed by atoms with Gasteiger partial charge in [0.25, 0.3) is 5.91 Å². The quantitative estimate of drug-likeness (QED) is 0.0508. The first-order valence-corrected chi connectivity index (χ1v) is 23.0. The molecule has 5 rings (SSSR count). The van der Waals surface area contributed by atoms with E-state index < -0.39 is 42.5 Å². The van der Waals surface area contributed by atoms with Gasteiger partial charge in [-0.15, -0.1) is 0 Å². The number of phenols is 2. The second-order valence-electron chi connectivity index (χ2n) is 16.8. The van der Waals surface area contributed by atoms with Crippen LogP contribution in [-0.2, 0) is 35.2 Å². The summed E-state index contributed by atoms with van der Waals surface area (Å²) in [7, 11) is 0. The highest BCUT2D eigenvalue weighted by atomic mass is 35.5. The largest absolute Gasteiger partial charge is 0.508 e. The molecular weight excluding hydrogens is 909 g/mol. The van der Waals surface area contributed by atoms with E-state index in [2.05, 4.69) is 36.9 Å². The Hall–Kier alpha value is -6.40. The van der Waals surface area contributed by atoms with E-state index in [1.165, 1.54) is 31.2 Å². The summed E-state index contributed by atoms with van der Waals surface area (Å²) in [5.74, 6) is -3.25. The number of rotatable bonds is 23. The molecule has 0 radical (unpaired) electrons. The summed E-state index contributed by atoms with van der Waals surface area (Å²) in [5, 5.41) is 47.5. The number of aryl methyl sites for hydroxylation is 1. The fourth-order valence-corrected chi connectivity index (χ4v) is 8.26. The number of hydrogen-bond donors (Lipinski definition) is 9. The van der Waals surface area contributed by atoms with E-state index in [4.69, 9.17) is 27.9 Å². The van der Waals surface area contributed by atoms with E-state index >= 15 is 0 Å². The number of benzene rings is 3. The van der Waals surface area contributed by atoms with E-state index in [0.717, 1.165) is 37.7 Å². The van der Waals surface area contributed by atoms with Gasteiger partial charge in [-0.3, -0.25) is 38.6 Å². The maximum Gasteiger partial charge on any atom is 0.305 e. The second-order valence-corrected chi connectivity index (χ2v) is 17.5. The average molecular weight is 967 g/mol. The Morgan fingerprint density at radius 3 is 2.27 bits per heavy atom. The first kappa shape index (κ1) is 51.6. The molecule has 0 aromatic heterocycles. The van der Waals surface area contributed by atoms with Crippen molar-refractivity contribution >= 4 is 81.7 Å². The van der Waals surface area contributed by atoms with Crippen molar-refractivity contribution in [3.8, 4) is 17.2 Å². The van der Waals surface area contributed by atoms with Gasteiger partial charge in [-0.25, -0.2) is 0 Å². The zero-order valence-electron chi connectivity index (χ0n) is 37.2. The Morgan fingerprint density at radius 1 is 0.866 bits per heavy atom. The van der Waals surface area contributed by atoms with Gasteiger partial charge >= 0.3 is 5.97 Å². The Labute approximate surface area is 398 Å². The number of nitrogens with zero attached hydrogens (tertiary/aromatic N) is 1. The third kappa shape index (κ3) is 17.1. The van der Waals surface area contributed by atoms with Crippen molar-refractivity contribution in [3.63, 3.8) is 0 Å². The molecule has 0 saturated heterocycles. The van der Waals surface area contributed by atoms with Gasteiger partial charge in [-0.1, -0.05) is 35.3 Å². The highest BCUT2D eigenvalue weighted by Gasteiger charge is 2.28. The topological polar surface area (TPSA) is 274 Å². The van der Waals surface area contributed by atoms with Gasteiger partial charge in [0.1, 0.15) is 28.1 Å². The molecule has 1 heterocycles. The average Bonchev–Trinajstić information content (AvgIpc) is 3.28. The summed E-state index contributed by atoms with van der Waals surface area (Å²) < 4.78 is 5.99. The molecule has 20 heteroatoms. The molecule has 18 nitrogen and oxygen atoms in total. The molecule has 3 aromatic rings. The monoisotopic (exact) mass is 965 g/mol. The van der Waals surface area contributed by atoms with E-state index in [-0.39, 0.29) is 100 Å². The molecule has 360 valence electrons. The summed E-state index contributed by atoms with van der Waals surface area (Å²) in [6.45, 7) is 2.88. The van der Waals surface area contributed by atoms with Crippen LogP contribution in [-0.4, -0.2) is 95.2 Å². The molecule has 4 amide bonds. The molecule has 1 aliphatic carbocycles. The fourth-order valence-electron chi connectivity index (χ4n) is 7.68. The number of aromatic hydroxyl groups is 2. The van der Waals surface area contributed by atoms with Crippen molar-refractivity contribution in [1.29, 1.82) is 0 Å². The van der Waals surface area contributed by atoms with Crippen LogP contribution < -0.4 is 36.6 Å². The van der Waals surface area contributed by atoms with E-state index in [1.807, 2.05) is 12.1 Å². The summed E-state index contributed by atoms with van der Waals surface area (Å²) in [4.78, 5) is 90.0. The minimum atomic E-state index is -1.30. The van der Waals surface area contributed by atoms with Crippen molar-refractivity contribution in [2.45, 2.75) is 90.0 Å². The van der Waals surface area contributed by atoms with Crippen LogP contribution in [0.1, 0.15) is 105 Å². The van der Waals surface area contributed by atoms with Crippen molar-refractivity contribution in [2.75, 3.05) is 43.4 Å². The minimum absolute atomic E-state index is 0.00286. The smallest absolute Gasteiger partial charge is 0.305 e. The van der Waals surface area contributed by atoms with E-state index in [9.17, 15) is 48.9 Å². The molecule has 67 heavy (non-hydrogen) atoms. The summed E-state index contributed by atoms with van der Waals surface area (Å²) >= 11 is 13.1. The van der Waals surface area contributed by atoms with Crippen LogP contribution in [0.15, 0.2) is 53.5 Å². The normalized spacial score (nSPS) is 16.0. The van der Waals surface area contributed by atoms with E-state index in [0.29, 0.717) is 49.8 Å². The van der Waals surface area contributed by atoms with Gasteiger partial charge in [0, 0.05) is 67.5 Å². The van der Waals surface area contributed by atoms with Crippen molar-refractivity contribution in [1.82, 2.24) is 21.3 Å². The van der Waals surface area contributed by atoms with Crippen LogP contribution in [0.2, 0.25) is 10.0 Å². The number of phenolic OH excluding ortho intramolecular Hbond substituents is 2. The molecule has 3 aromatic carbocycles. The van der Waals surface area contributed by atoms with Gasteiger partial charge < -0.3 is 52.0 Å². The molecule has 1 fully saturated rings. The molecule has 1 unspecified atom stereocenters. The Morgan fingerprint density at radius 2 is 1.58 bits per heavy atom. The third-order valence-corrected chi connectivity index (χ3v) is 11.9. The second kappa shape index (κ2) is 25.5. The number of Topliss-reactive ketones (excluding diaryl/α,β-unsaturated/α-hetero) is 2. The zero-order chi connectivity index (χ0) is 48.5. The minimum Gasteiger partial charge on any atom is -0.508 e. The number of ether oxygens (including phenoxy) is 1. The first-order chi connectivity index (χ1) is 32.0. The number of anilines is 2. The number of carbonyl (C=O) groups excluding carboxylic acids is 6. The molecule has 0 bridgehead atoms. The number of aliphatic imine (C=N–C) groups is 1. The lowest BCUT2D eigenvalue weighted by Crippen LogP contribution is -2.39. The molecule has 9 N–H and O–H groups in total. The van der Waals surface area contributed by atoms with Gasteiger partial charge in [0.2, 0.25) is 17.7 Å². The number of carboxylic acid groups (broad SMARTS) is 1. The van der Waals surface area contributed by atoms with E-state index in [1.54, 1.807) is 12.1 Å². The van der Waals surface area contributed by atoms with Gasteiger partial charge in [0.15, 0.2) is 11.7 Å². The fraction of sp³-hybridized carbons (Fsp3) is 0.447. The maximum atomic E-state index is 13.0. The molecule has 1 saturated carbocycles. The Kier molecular flexibility index (Phi) is 19.6. The predicted molar refractivity (Wildman–Crippen MR) is 252 cm³/mol. The van der Waals surface area contributed by atoms with Gasteiger partial charge in [0.05, 0.1) is 37.1 Å². The number of halogens is 2. The van der Waals surface area contributed by atoms with Crippen LogP contribution >= 0.6 is 23.2 Å². The number of ketones is 2. The zero-order valence-corrected chi connectivity index (χ0v) is 38.7. The molecule has 1 aliphatic heterocycles. The molecule has 1 atom stereocenters. The van der Waals surface area contributed by atoms with Crippen molar-refractivity contribution in [2.24, 2.45) is 16.8 Å². The number of carboxylic acids is 1. The van der Waals surface area contributed by atoms with Crippen LogP contribution in [0.25, 0.3) is 0 Å². The predicted octanol–water partition coefficient (Wildman–Crippen LogP) is 5.82. The van der Waals surface area contributed by atoms with Crippen LogP contribution in [0.4, 0.5) is 11.4 Å². The van der Waals surface area contributed by atoms with Gasteiger partial charge in [-0.05, 0) is 99.6 Å². The highest BCUT2D eigenvalue weighted by molar-refractivity contribution is 6.38. The lowest BCUT2D eigenvalue weighted by Gasteiger charge is -2.29. The number of amides is 4. The standard InChI is InChI=1S/C47H57Cl2N7O11/c1-27(57)18-34(58)15-12-28-10-13-32(14-11-28)54-40(61)5-2-4-39(60)52-24-29-6-8-30(9-7-29)26-67-45-37(48)22-36(44(65)43(45)49)38(23-42(63)64)56-41(62)25-53-46(66)31-19-33(21-35(59)20-31)55-47-50-16-3-17-51-47/h10-11,13-14,19-22,29-30,38,59,65H,2-9,12,15-18,23-26H2,1H3,(H,52,60)(H,53,66)(H,54,61)(H,56,62)(H,63,64)(H2,50,51,55). The van der Waals surface area contributed by atoms with Gasteiger partial charge in [-0.2, -0.15) is 0 Å². The Balaban J connectivity index is 1.01. The lowest BCUT2D eigenvalue weighted by atomic mass is 9.82. The van der Waals surface area contributed by atoms with Crippen molar-refractivity contribution in [3.05, 3.63) is 75.3 Å². The summed E-state index contributed by atoms with van der Waals surface area (Å²) in [5.41, 5.74) is 1.90. The van der Waals surface area contributed by atoms with Crippen LogP contribution in [0, 0.1) is 11.8 Å².